The van der Waals surface area contributed by atoms with E-state index in [9.17, 15) is 9.18 Å². The summed E-state index contributed by atoms with van der Waals surface area (Å²) >= 11 is 0. The van der Waals surface area contributed by atoms with Gasteiger partial charge in [0.15, 0.2) is 0 Å². The molecule has 0 bridgehead atoms. The Morgan fingerprint density at radius 2 is 1.62 bits per heavy atom. The van der Waals surface area contributed by atoms with Crippen LogP contribution in [0.15, 0.2) is 84.9 Å². The van der Waals surface area contributed by atoms with Gasteiger partial charge in [-0.15, -0.1) is 0 Å². The van der Waals surface area contributed by atoms with Crippen molar-refractivity contribution in [2.45, 2.75) is 84.2 Å². The van der Waals surface area contributed by atoms with Crippen LogP contribution in [-0.2, 0) is 25.4 Å². The van der Waals surface area contributed by atoms with Crippen LogP contribution < -0.4 is 10.2 Å². The number of methoxy groups -OCH3 is 1. The van der Waals surface area contributed by atoms with E-state index in [2.05, 4.69) is 36.6 Å². The van der Waals surface area contributed by atoms with Crippen LogP contribution in [0.25, 0.3) is 22.4 Å². The number of hydrogen-bond donors (Lipinski definition) is 0. The lowest BCUT2D eigenvalue weighted by Crippen LogP contribution is -2.49. The summed E-state index contributed by atoms with van der Waals surface area (Å²) in [5.74, 6) is 0.440. The molecule has 0 unspecified atom stereocenters. The van der Waals surface area contributed by atoms with Crippen LogP contribution >= 0.6 is 0 Å². The molecule has 1 aliphatic rings. The zero-order valence-electron chi connectivity index (χ0n) is 27.1. The smallest absolute Gasteiger partial charge is 0.494 e. The molecule has 45 heavy (non-hydrogen) atoms. The fourth-order valence-electron chi connectivity index (χ4n) is 5.91. The second kappa shape index (κ2) is 14.0. The van der Waals surface area contributed by atoms with Crippen molar-refractivity contribution < 1.29 is 28.0 Å². The number of esters is 1. The monoisotopic (exact) mass is 611 g/mol. The summed E-state index contributed by atoms with van der Waals surface area (Å²) in [6.45, 7) is 10.7. The quantitative estimate of drug-likeness (QED) is 0.135. The minimum Gasteiger partial charge on any atom is -0.497 e. The van der Waals surface area contributed by atoms with Crippen LogP contribution in [0.5, 0.6) is 5.75 Å². The van der Waals surface area contributed by atoms with Crippen LogP contribution in [0.1, 0.15) is 65.5 Å². The standard InChI is InChI=1S/C37H43BFNO5/c1-25(2)34-24-33(26-10-8-7-9-11-26)36(27-12-16-29(39)17-13-27)40(34)21-20-31-22-32(23-35(41)43-37(3,4)5)45-38(44-31)28-14-18-30(42-6)19-15-28/h7-19,24-25,31-32H,20-23H2,1-6H3/t31-,32-/m1/s1. The van der Waals surface area contributed by atoms with Gasteiger partial charge in [-0.3, -0.25) is 4.79 Å². The molecule has 8 heteroatoms. The van der Waals surface area contributed by atoms with E-state index in [-0.39, 0.29) is 36.3 Å². The van der Waals surface area contributed by atoms with E-state index in [0.717, 1.165) is 33.6 Å². The Kier molecular flexibility index (Phi) is 10.2. The Morgan fingerprint density at radius 1 is 0.956 bits per heavy atom. The first-order valence-corrected chi connectivity index (χ1v) is 15.7. The van der Waals surface area contributed by atoms with Crippen molar-refractivity contribution in [3.63, 3.8) is 0 Å². The lowest BCUT2D eigenvalue weighted by Gasteiger charge is -2.35. The van der Waals surface area contributed by atoms with Crippen LogP contribution in [0.4, 0.5) is 4.39 Å². The Bertz CT molecular complexity index is 1560. The molecule has 1 fully saturated rings. The number of nitrogens with zero attached hydrogens (tertiary/aromatic N) is 1. The summed E-state index contributed by atoms with van der Waals surface area (Å²) < 4.78 is 40.2. The normalized spacial score (nSPS) is 17.0. The van der Waals surface area contributed by atoms with Gasteiger partial charge in [0.2, 0.25) is 0 Å². The Morgan fingerprint density at radius 3 is 2.24 bits per heavy atom. The summed E-state index contributed by atoms with van der Waals surface area (Å²) in [6.07, 6.45) is 0.848. The molecular weight excluding hydrogens is 568 g/mol. The summed E-state index contributed by atoms with van der Waals surface area (Å²) in [4.78, 5) is 12.8. The van der Waals surface area contributed by atoms with E-state index in [1.54, 1.807) is 7.11 Å². The summed E-state index contributed by atoms with van der Waals surface area (Å²) in [7, 11) is 0.999. The highest BCUT2D eigenvalue weighted by atomic mass is 19.1. The first kappa shape index (κ1) is 32.5. The number of ether oxygens (including phenoxy) is 2. The van der Waals surface area contributed by atoms with Gasteiger partial charge < -0.3 is 23.3 Å². The molecule has 0 N–H and O–H groups in total. The van der Waals surface area contributed by atoms with Crippen molar-refractivity contribution in [2.75, 3.05) is 7.11 Å². The fourth-order valence-corrected chi connectivity index (χ4v) is 5.91. The lowest BCUT2D eigenvalue weighted by atomic mass is 9.76. The predicted octanol–water partition coefficient (Wildman–Crippen LogP) is 7.78. The van der Waals surface area contributed by atoms with Crippen LogP contribution in [0.3, 0.4) is 0 Å². The third kappa shape index (κ3) is 8.24. The highest BCUT2D eigenvalue weighted by Gasteiger charge is 2.37. The largest absolute Gasteiger partial charge is 0.497 e. The Hall–Kier alpha value is -3.88. The Labute approximate surface area is 266 Å². The number of hydrogen-bond acceptors (Lipinski definition) is 5. The molecular formula is C37H43BFNO5. The van der Waals surface area contributed by atoms with Gasteiger partial charge in [0.1, 0.15) is 17.2 Å². The molecule has 1 aliphatic heterocycles. The van der Waals surface area contributed by atoms with Gasteiger partial charge in [-0.1, -0.05) is 56.3 Å². The highest BCUT2D eigenvalue weighted by molar-refractivity contribution is 6.61. The highest BCUT2D eigenvalue weighted by Crippen LogP contribution is 2.38. The van der Waals surface area contributed by atoms with Gasteiger partial charge in [-0.05, 0) is 98.6 Å². The van der Waals surface area contributed by atoms with Crippen molar-refractivity contribution in [3.8, 4) is 28.1 Å². The molecule has 6 nitrogen and oxygen atoms in total. The molecule has 1 aromatic heterocycles. The number of rotatable bonds is 10. The zero-order valence-corrected chi connectivity index (χ0v) is 27.1. The molecule has 0 aliphatic carbocycles. The molecule has 2 atom stereocenters. The number of carbonyl (C=O) groups is 1. The molecule has 0 amide bonds. The molecule has 1 saturated heterocycles. The van der Waals surface area contributed by atoms with Crippen molar-refractivity contribution in [2.24, 2.45) is 0 Å². The van der Waals surface area contributed by atoms with E-state index < -0.39 is 12.7 Å². The predicted molar refractivity (Wildman–Crippen MR) is 177 cm³/mol. The maximum Gasteiger partial charge on any atom is 0.494 e. The van der Waals surface area contributed by atoms with E-state index in [1.165, 1.54) is 17.8 Å². The molecule has 5 rings (SSSR count). The second-order valence-electron chi connectivity index (χ2n) is 12.9. The molecule has 2 heterocycles. The minimum absolute atomic E-state index is 0.142. The molecule has 4 aromatic rings. The summed E-state index contributed by atoms with van der Waals surface area (Å²) in [5, 5.41) is 0. The van der Waals surface area contributed by atoms with E-state index in [0.29, 0.717) is 19.4 Å². The number of benzene rings is 3. The average molecular weight is 612 g/mol. The van der Waals surface area contributed by atoms with Crippen LogP contribution in [0, 0.1) is 5.82 Å². The maximum atomic E-state index is 14.0. The molecule has 0 radical (unpaired) electrons. The fraction of sp³-hybridized carbons (Fsp3) is 0.378. The van der Waals surface area contributed by atoms with Crippen molar-refractivity contribution in [1.82, 2.24) is 4.57 Å². The minimum atomic E-state index is -0.632. The van der Waals surface area contributed by atoms with Gasteiger partial charge in [-0.2, -0.15) is 0 Å². The van der Waals surface area contributed by atoms with Crippen molar-refractivity contribution in [3.05, 3.63) is 96.4 Å². The molecule has 0 saturated carbocycles. The van der Waals surface area contributed by atoms with Gasteiger partial charge in [0.25, 0.3) is 0 Å². The summed E-state index contributed by atoms with van der Waals surface area (Å²) in [6, 6.07) is 26.9. The van der Waals surface area contributed by atoms with E-state index >= 15 is 0 Å². The average Bonchev–Trinajstić information content (AvgIpc) is 3.40. The van der Waals surface area contributed by atoms with Gasteiger partial charge in [0.05, 0.1) is 25.3 Å². The maximum absolute atomic E-state index is 14.0. The second-order valence-corrected chi connectivity index (χ2v) is 12.9. The topological polar surface area (TPSA) is 58.9 Å². The number of aromatic nitrogens is 1. The third-order valence-electron chi connectivity index (χ3n) is 7.96. The molecule has 0 spiro atoms. The Balaban J connectivity index is 1.46. The van der Waals surface area contributed by atoms with Gasteiger partial charge >= 0.3 is 13.1 Å². The summed E-state index contributed by atoms with van der Waals surface area (Å²) in [5.41, 5.74) is 5.69. The molecule has 236 valence electrons. The first-order chi connectivity index (χ1) is 21.5. The first-order valence-electron chi connectivity index (χ1n) is 15.7. The van der Waals surface area contributed by atoms with Crippen molar-refractivity contribution >= 4 is 18.6 Å². The number of halogens is 1. The van der Waals surface area contributed by atoms with Crippen LogP contribution in [0.2, 0.25) is 0 Å². The van der Waals surface area contributed by atoms with E-state index in [1.807, 2.05) is 75.4 Å². The zero-order chi connectivity index (χ0) is 32.1. The lowest BCUT2D eigenvalue weighted by molar-refractivity contribution is -0.157. The van der Waals surface area contributed by atoms with Crippen LogP contribution in [-0.4, -0.2) is 42.6 Å². The SMILES string of the molecule is COc1ccc(B2O[C@H](CCn3c(C(C)C)cc(-c4ccccc4)c3-c3ccc(F)cc3)C[C@H](CC(=O)OC(C)(C)C)O2)cc1. The molecule has 3 aromatic carbocycles. The van der Waals surface area contributed by atoms with Gasteiger partial charge in [-0.25, -0.2) is 4.39 Å². The third-order valence-corrected chi connectivity index (χ3v) is 7.96. The van der Waals surface area contributed by atoms with Crippen molar-refractivity contribution in [1.29, 1.82) is 0 Å². The number of carbonyl (C=O) groups excluding carboxylic acids is 1. The van der Waals surface area contributed by atoms with Gasteiger partial charge in [0, 0.05) is 23.9 Å². The van der Waals surface area contributed by atoms with E-state index in [4.69, 9.17) is 18.8 Å².